The van der Waals surface area contributed by atoms with Gasteiger partial charge in [0.15, 0.2) is 5.96 Å². The molecule has 1 aromatic carbocycles. The lowest BCUT2D eigenvalue weighted by molar-refractivity contribution is 0.414. The number of nitrogens with zero attached hydrogens (tertiary/aromatic N) is 3. The van der Waals surface area contributed by atoms with Crippen LogP contribution in [-0.4, -0.2) is 76.2 Å². The van der Waals surface area contributed by atoms with Crippen molar-refractivity contribution in [3.8, 4) is 5.75 Å². The highest BCUT2D eigenvalue weighted by atomic mass is 32.2. The van der Waals surface area contributed by atoms with Crippen LogP contribution in [0.5, 0.6) is 5.75 Å². The zero-order valence-electron chi connectivity index (χ0n) is 17.5. The summed E-state index contributed by atoms with van der Waals surface area (Å²) in [6, 6.07) is 8.31. The fourth-order valence-corrected chi connectivity index (χ4v) is 4.45. The Morgan fingerprint density at radius 1 is 1.32 bits per heavy atom. The second-order valence-electron chi connectivity index (χ2n) is 7.05. The number of hydrogen-bond acceptors (Lipinski definition) is 4. The zero-order valence-corrected chi connectivity index (χ0v) is 18.3. The fourth-order valence-electron chi connectivity index (χ4n) is 3.52. The number of methoxy groups -OCH3 is 1. The summed E-state index contributed by atoms with van der Waals surface area (Å²) in [6.07, 6.45) is 3.06. The Balaban J connectivity index is 1.93. The Kier molecular flexibility index (Phi) is 8.57. The summed E-state index contributed by atoms with van der Waals surface area (Å²) in [6.45, 7) is 8.25. The third-order valence-corrected chi connectivity index (χ3v) is 6.44. The molecule has 2 rings (SSSR count). The molecule has 0 radical (unpaired) electrons. The van der Waals surface area contributed by atoms with E-state index in [1.54, 1.807) is 7.11 Å². The molecule has 0 aromatic heterocycles. The van der Waals surface area contributed by atoms with Crippen LogP contribution in [0.3, 0.4) is 0 Å². The minimum atomic E-state index is -3.13. The van der Waals surface area contributed by atoms with Gasteiger partial charge in [0.25, 0.3) is 0 Å². The van der Waals surface area contributed by atoms with E-state index in [-0.39, 0.29) is 0 Å². The van der Waals surface area contributed by atoms with Gasteiger partial charge in [-0.05, 0) is 37.5 Å². The Morgan fingerprint density at radius 2 is 2.04 bits per heavy atom. The minimum absolute atomic E-state index is 0.482. The first kappa shape index (κ1) is 22.5. The molecule has 0 saturated carbocycles. The van der Waals surface area contributed by atoms with E-state index < -0.39 is 10.0 Å². The van der Waals surface area contributed by atoms with Crippen molar-refractivity contribution in [2.45, 2.75) is 32.6 Å². The number of sulfonamides is 1. The normalized spacial score (nSPS) is 18.0. The first-order valence-corrected chi connectivity index (χ1v) is 11.9. The van der Waals surface area contributed by atoms with E-state index in [1.165, 1.54) is 16.1 Å². The molecule has 8 heteroatoms. The van der Waals surface area contributed by atoms with Gasteiger partial charge in [-0.1, -0.05) is 19.1 Å². The molecule has 1 aliphatic rings. The monoisotopic (exact) mass is 410 g/mol. The van der Waals surface area contributed by atoms with Crippen LogP contribution in [0, 0.1) is 0 Å². The number of likely N-dealkylation sites (tertiary alicyclic amines) is 1. The molecule has 0 aliphatic carbocycles. The fraction of sp³-hybridized carbons (Fsp3) is 0.650. The van der Waals surface area contributed by atoms with Gasteiger partial charge < -0.3 is 15.0 Å². The van der Waals surface area contributed by atoms with Gasteiger partial charge >= 0.3 is 0 Å². The van der Waals surface area contributed by atoms with E-state index >= 15 is 0 Å². The van der Waals surface area contributed by atoms with Crippen LogP contribution in [0.2, 0.25) is 0 Å². The number of rotatable bonds is 9. The largest absolute Gasteiger partial charge is 0.497 e. The van der Waals surface area contributed by atoms with Crippen molar-refractivity contribution in [3.63, 3.8) is 0 Å². The summed E-state index contributed by atoms with van der Waals surface area (Å²) < 4.78 is 30.1. The van der Waals surface area contributed by atoms with Gasteiger partial charge in [0.05, 0.1) is 13.4 Å². The summed E-state index contributed by atoms with van der Waals surface area (Å²) >= 11 is 0. The average molecular weight is 411 g/mol. The number of ether oxygens (including phenoxy) is 1. The molecule has 1 heterocycles. The van der Waals surface area contributed by atoms with E-state index in [1.807, 2.05) is 19.1 Å². The predicted molar refractivity (Wildman–Crippen MR) is 115 cm³/mol. The first-order valence-electron chi connectivity index (χ1n) is 10.0. The average Bonchev–Trinajstić information content (AvgIpc) is 3.16. The number of aliphatic imine (C=N–C) groups is 1. The van der Waals surface area contributed by atoms with Crippen LogP contribution in [0.4, 0.5) is 0 Å². The number of nitrogens with one attached hydrogen (secondary N) is 1. The Labute approximate surface area is 169 Å². The lowest BCUT2D eigenvalue weighted by Crippen LogP contribution is -2.40. The lowest BCUT2D eigenvalue weighted by atomic mass is 9.98. The van der Waals surface area contributed by atoms with Crippen molar-refractivity contribution in [2.24, 2.45) is 4.99 Å². The summed E-state index contributed by atoms with van der Waals surface area (Å²) in [5.41, 5.74) is 1.32. The van der Waals surface area contributed by atoms with Crippen LogP contribution in [0.15, 0.2) is 29.3 Å². The summed E-state index contributed by atoms with van der Waals surface area (Å²) in [5.74, 6) is 2.28. The molecule has 0 spiro atoms. The van der Waals surface area contributed by atoms with Gasteiger partial charge in [0, 0.05) is 45.2 Å². The molecular formula is C20H34N4O3S. The third kappa shape index (κ3) is 6.38. The standard InChI is InChI=1S/C20H34N4O3S/c1-5-21-20(22-13-7-14-24(6-2)28(4,25)26)23-15-12-18(16-23)17-8-10-19(27-3)11-9-17/h8-11,18H,5-7,12-16H2,1-4H3,(H,21,22). The van der Waals surface area contributed by atoms with Crippen molar-refractivity contribution in [1.82, 2.24) is 14.5 Å². The highest BCUT2D eigenvalue weighted by molar-refractivity contribution is 7.88. The topological polar surface area (TPSA) is 74.2 Å². The highest BCUT2D eigenvalue weighted by Gasteiger charge is 2.26. The van der Waals surface area contributed by atoms with E-state index in [4.69, 9.17) is 9.73 Å². The maximum atomic E-state index is 11.7. The van der Waals surface area contributed by atoms with Crippen LogP contribution in [0.25, 0.3) is 0 Å². The molecule has 28 heavy (non-hydrogen) atoms. The van der Waals surface area contributed by atoms with Gasteiger partial charge in [-0.15, -0.1) is 0 Å². The number of benzene rings is 1. The second kappa shape index (κ2) is 10.7. The quantitative estimate of drug-likeness (QED) is 0.383. The molecule has 1 unspecified atom stereocenters. The Morgan fingerprint density at radius 3 is 2.61 bits per heavy atom. The summed E-state index contributed by atoms with van der Waals surface area (Å²) in [5, 5.41) is 3.37. The highest BCUT2D eigenvalue weighted by Crippen LogP contribution is 2.28. The van der Waals surface area contributed by atoms with Crippen molar-refractivity contribution >= 4 is 16.0 Å². The van der Waals surface area contributed by atoms with E-state index in [9.17, 15) is 8.42 Å². The maximum absolute atomic E-state index is 11.7. The maximum Gasteiger partial charge on any atom is 0.211 e. The molecule has 1 N–H and O–H groups in total. The smallest absolute Gasteiger partial charge is 0.211 e. The SMILES string of the molecule is CCNC(=NCCCN(CC)S(C)(=O)=O)N1CCC(c2ccc(OC)cc2)C1. The van der Waals surface area contributed by atoms with Gasteiger partial charge in [-0.2, -0.15) is 0 Å². The van der Waals surface area contributed by atoms with Gasteiger partial charge in [-0.3, -0.25) is 4.99 Å². The molecular weight excluding hydrogens is 376 g/mol. The summed E-state index contributed by atoms with van der Waals surface area (Å²) in [7, 11) is -1.45. The molecule has 0 bridgehead atoms. The molecule has 1 aliphatic heterocycles. The van der Waals surface area contributed by atoms with Crippen LogP contribution in [-0.2, 0) is 10.0 Å². The molecule has 0 amide bonds. The summed E-state index contributed by atoms with van der Waals surface area (Å²) in [4.78, 5) is 7.03. The van der Waals surface area contributed by atoms with Gasteiger partial charge in [0.2, 0.25) is 10.0 Å². The Hall–Kier alpha value is -1.80. The van der Waals surface area contributed by atoms with Crippen molar-refractivity contribution < 1.29 is 13.2 Å². The zero-order chi connectivity index (χ0) is 20.6. The lowest BCUT2D eigenvalue weighted by Gasteiger charge is -2.22. The second-order valence-corrected chi connectivity index (χ2v) is 9.03. The molecule has 1 fully saturated rings. The molecule has 1 atom stereocenters. The predicted octanol–water partition coefficient (Wildman–Crippen LogP) is 2.12. The van der Waals surface area contributed by atoms with Crippen molar-refractivity contribution in [1.29, 1.82) is 0 Å². The van der Waals surface area contributed by atoms with Crippen LogP contribution >= 0.6 is 0 Å². The number of hydrogen-bond donors (Lipinski definition) is 1. The molecule has 7 nitrogen and oxygen atoms in total. The van der Waals surface area contributed by atoms with Crippen molar-refractivity contribution in [2.75, 3.05) is 52.6 Å². The van der Waals surface area contributed by atoms with E-state index in [0.29, 0.717) is 32.0 Å². The number of guanidine groups is 1. The molecule has 1 saturated heterocycles. The first-order chi connectivity index (χ1) is 13.4. The van der Waals surface area contributed by atoms with Gasteiger partial charge in [-0.25, -0.2) is 12.7 Å². The minimum Gasteiger partial charge on any atom is -0.497 e. The van der Waals surface area contributed by atoms with Crippen LogP contribution in [0.1, 0.15) is 38.2 Å². The molecule has 1 aromatic rings. The van der Waals surface area contributed by atoms with Gasteiger partial charge in [0.1, 0.15) is 5.75 Å². The van der Waals surface area contributed by atoms with Crippen molar-refractivity contribution in [3.05, 3.63) is 29.8 Å². The Bertz CT molecular complexity index is 734. The van der Waals surface area contributed by atoms with E-state index in [2.05, 4.69) is 29.3 Å². The molecule has 158 valence electrons. The van der Waals surface area contributed by atoms with Crippen LogP contribution < -0.4 is 10.1 Å². The third-order valence-electron chi connectivity index (χ3n) is 5.06. The van der Waals surface area contributed by atoms with E-state index in [0.717, 1.165) is 37.8 Å².